The van der Waals surface area contributed by atoms with Gasteiger partial charge in [-0.25, -0.2) is 4.79 Å². The summed E-state index contributed by atoms with van der Waals surface area (Å²) >= 11 is 0. The number of fused-ring (bicyclic) bond motifs is 3. The summed E-state index contributed by atoms with van der Waals surface area (Å²) in [6, 6.07) is 20.7. The van der Waals surface area contributed by atoms with E-state index in [0.717, 1.165) is 28.4 Å². The normalized spacial score (nSPS) is 11.0. The molecule has 3 nitrogen and oxygen atoms in total. The minimum atomic E-state index is -0.357. The van der Waals surface area contributed by atoms with Gasteiger partial charge in [-0.05, 0) is 48.4 Å². The fourth-order valence-corrected chi connectivity index (χ4v) is 2.81. The maximum Gasteiger partial charge on any atom is 0.343 e. The van der Waals surface area contributed by atoms with Gasteiger partial charge in [0.05, 0.1) is 5.56 Å². The molecule has 0 radical (unpaired) electrons. The van der Waals surface area contributed by atoms with E-state index >= 15 is 0 Å². The molecule has 0 spiro atoms. The first-order valence-corrected chi connectivity index (χ1v) is 7.97. The summed E-state index contributed by atoms with van der Waals surface area (Å²) in [4.78, 5) is 12.3. The van der Waals surface area contributed by atoms with Crippen molar-refractivity contribution >= 4 is 27.9 Å². The van der Waals surface area contributed by atoms with E-state index in [1.54, 1.807) is 18.2 Å². The maximum absolute atomic E-state index is 12.3. The topological polar surface area (TPSA) is 39.4 Å². The number of carbonyl (C=O) groups excluding carboxylic acids is 1. The largest absolute Gasteiger partial charge is 0.456 e. The summed E-state index contributed by atoms with van der Waals surface area (Å²) < 4.78 is 11.3. The van der Waals surface area contributed by atoms with Gasteiger partial charge in [0.1, 0.15) is 16.9 Å². The van der Waals surface area contributed by atoms with Gasteiger partial charge in [0.2, 0.25) is 0 Å². The Balaban J connectivity index is 1.66. The fourth-order valence-electron chi connectivity index (χ4n) is 2.81. The Kier molecular flexibility index (Phi) is 3.54. The average molecular weight is 316 g/mol. The minimum absolute atomic E-state index is 0.357. The van der Waals surface area contributed by atoms with Gasteiger partial charge in [-0.15, -0.1) is 0 Å². The van der Waals surface area contributed by atoms with Gasteiger partial charge in [0.25, 0.3) is 0 Å². The molecule has 0 N–H and O–H groups in total. The number of benzene rings is 3. The van der Waals surface area contributed by atoms with Crippen LogP contribution in [-0.4, -0.2) is 5.97 Å². The molecular formula is C21H16O3. The standard InChI is InChI=1S/C21H16O3/c1-2-14-7-9-15(10-8-14)21(22)23-16-11-12-20-18(13-16)17-5-3-4-6-19(17)24-20/h3-13H,2H2,1H3. The zero-order valence-corrected chi connectivity index (χ0v) is 13.3. The van der Waals surface area contributed by atoms with Crippen molar-refractivity contribution < 1.29 is 13.9 Å². The van der Waals surface area contributed by atoms with E-state index in [2.05, 4.69) is 6.92 Å². The van der Waals surface area contributed by atoms with E-state index in [-0.39, 0.29) is 5.97 Å². The number of ether oxygens (including phenoxy) is 1. The van der Waals surface area contributed by atoms with Crippen LogP contribution < -0.4 is 4.74 Å². The predicted molar refractivity (Wildman–Crippen MR) is 94.5 cm³/mol. The molecule has 3 heteroatoms. The highest BCUT2D eigenvalue weighted by Crippen LogP contribution is 2.31. The minimum Gasteiger partial charge on any atom is -0.456 e. The van der Waals surface area contributed by atoms with Crippen LogP contribution in [0.3, 0.4) is 0 Å². The second kappa shape index (κ2) is 5.85. The van der Waals surface area contributed by atoms with Gasteiger partial charge >= 0.3 is 5.97 Å². The molecule has 0 saturated carbocycles. The molecule has 0 aliphatic heterocycles. The number of hydrogen-bond donors (Lipinski definition) is 0. The van der Waals surface area contributed by atoms with E-state index < -0.39 is 0 Å². The van der Waals surface area contributed by atoms with Gasteiger partial charge in [0, 0.05) is 10.8 Å². The van der Waals surface area contributed by atoms with Crippen LogP contribution in [0.25, 0.3) is 21.9 Å². The van der Waals surface area contributed by atoms with Gasteiger partial charge in [-0.3, -0.25) is 0 Å². The van der Waals surface area contributed by atoms with E-state index in [1.165, 1.54) is 5.56 Å². The first-order chi connectivity index (χ1) is 11.7. The molecule has 0 bridgehead atoms. The fraction of sp³-hybridized carbons (Fsp3) is 0.0952. The number of hydrogen-bond acceptors (Lipinski definition) is 3. The first kappa shape index (κ1) is 14.5. The van der Waals surface area contributed by atoms with Crippen LogP contribution in [0.15, 0.2) is 71.1 Å². The molecule has 0 unspecified atom stereocenters. The third-order valence-electron chi connectivity index (χ3n) is 4.16. The molecular weight excluding hydrogens is 300 g/mol. The Hall–Kier alpha value is -3.07. The summed E-state index contributed by atoms with van der Waals surface area (Å²) in [5.41, 5.74) is 3.34. The first-order valence-electron chi connectivity index (χ1n) is 7.97. The molecule has 0 amide bonds. The zero-order chi connectivity index (χ0) is 16.5. The van der Waals surface area contributed by atoms with Crippen molar-refractivity contribution in [2.24, 2.45) is 0 Å². The van der Waals surface area contributed by atoms with Gasteiger partial charge in [0.15, 0.2) is 0 Å². The molecule has 24 heavy (non-hydrogen) atoms. The Labute approximate surface area is 139 Å². The van der Waals surface area contributed by atoms with Crippen molar-refractivity contribution in [2.45, 2.75) is 13.3 Å². The monoisotopic (exact) mass is 316 g/mol. The lowest BCUT2D eigenvalue weighted by Crippen LogP contribution is -2.08. The van der Waals surface area contributed by atoms with Crippen molar-refractivity contribution in [2.75, 3.05) is 0 Å². The molecule has 118 valence electrons. The highest BCUT2D eigenvalue weighted by molar-refractivity contribution is 6.05. The van der Waals surface area contributed by atoms with Crippen molar-refractivity contribution in [3.63, 3.8) is 0 Å². The second-order valence-electron chi connectivity index (χ2n) is 5.70. The zero-order valence-electron chi connectivity index (χ0n) is 13.3. The quantitative estimate of drug-likeness (QED) is 0.377. The molecule has 4 rings (SSSR count). The van der Waals surface area contributed by atoms with Crippen molar-refractivity contribution in [1.82, 2.24) is 0 Å². The van der Waals surface area contributed by atoms with Gasteiger partial charge in [-0.1, -0.05) is 37.3 Å². The maximum atomic E-state index is 12.3. The van der Waals surface area contributed by atoms with Crippen LogP contribution in [0, 0.1) is 0 Å². The van der Waals surface area contributed by atoms with Crippen LogP contribution >= 0.6 is 0 Å². The lowest BCUT2D eigenvalue weighted by Gasteiger charge is -2.05. The van der Waals surface area contributed by atoms with Gasteiger partial charge < -0.3 is 9.15 Å². The molecule has 1 aromatic heterocycles. The van der Waals surface area contributed by atoms with Gasteiger partial charge in [-0.2, -0.15) is 0 Å². The van der Waals surface area contributed by atoms with E-state index in [9.17, 15) is 4.79 Å². The number of rotatable bonds is 3. The molecule has 0 atom stereocenters. The summed E-state index contributed by atoms with van der Waals surface area (Å²) in [7, 11) is 0. The van der Waals surface area contributed by atoms with E-state index in [0.29, 0.717) is 11.3 Å². The Morgan fingerprint density at radius 2 is 1.67 bits per heavy atom. The van der Waals surface area contributed by atoms with Crippen LogP contribution in [0.1, 0.15) is 22.8 Å². The summed E-state index contributed by atoms with van der Waals surface area (Å²) in [5, 5.41) is 1.95. The lowest BCUT2D eigenvalue weighted by atomic mass is 10.1. The molecule has 0 aliphatic carbocycles. The van der Waals surface area contributed by atoms with Crippen molar-refractivity contribution in [3.8, 4) is 5.75 Å². The Morgan fingerprint density at radius 1 is 0.917 bits per heavy atom. The SMILES string of the molecule is CCc1ccc(C(=O)Oc2ccc3oc4ccccc4c3c2)cc1. The summed E-state index contributed by atoms with van der Waals surface area (Å²) in [5.74, 6) is 0.156. The summed E-state index contributed by atoms with van der Waals surface area (Å²) in [6.45, 7) is 2.08. The highest BCUT2D eigenvalue weighted by atomic mass is 16.5. The molecule has 1 heterocycles. The van der Waals surface area contributed by atoms with E-state index in [4.69, 9.17) is 9.15 Å². The number of aryl methyl sites for hydroxylation is 1. The van der Waals surface area contributed by atoms with Crippen LogP contribution in [-0.2, 0) is 6.42 Å². The summed E-state index contributed by atoms with van der Waals surface area (Å²) in [6.07, 6.45) is 0.944. The lowest BCUT2D eigenvalue weighted by molar-refractivity contribution is 0.0735. The highest BCUT2D eigenvalue weighted by Gasteiger charge is 2.11. The van der Waals surface area contributed by atoms with Crippen LogP contribution in [0.4, 0.5) is 0 Å². The van der Waals surface area contributed by atoms with Crippen LogP contribution in [0.5, 0.6) is 5.75 Å². The molecule has 0 saturated heterocycles. The molecule has 0 fully saturated rings. The van der Waals surface area contributed by atoms with Crippen molar-refractivity contribution in [3.05, 3.63) is 77.9 Å². The van der Waals surface area contributed by atoms with E-state index in [1.807, 2.05) is 48.5 Å². The third-order valence-corrected chi connectivity index (χ3v) is 4.16. The molecule has 4 aromatic rings. The average Bonchev–Trinajstić information content (AvgIpc) is 3.00. The number of para-hydroxylation sites is 1. The Bertz CT molecular complexity index is 1030. The molecule has 0 aliphatic rings. The third kappa shape index (κ3) is 2.54. The smallest absolute Gasteiger partial charge is 0.343 e. The molecule has 3 aromatic carbocycles. The van der Waals surface area contributed by atoms with Crippen LogP contribution in [0.2, 0.25) is 0 Å². The predicted octanol–water partition coefficient (Wildman–Crippen LogP) is 5.37. The second-order valence-corrected chi connectivity index (χ2v) is 5.70. The Morgan fingerprint density at radius 3 is 2.46 bits per heavy atom. The van der Waals surface area contributed by atoms with Crippen molar-refractivity contribution in [1.29, 1.82) is 0 Å². The number of carbonyl (C=O) groups is 1. The number of esters is 1. The number of furan rings is 1.